The maximum atomic E-state index is 12.3. The molecule has 124 valence electrons. The predicted octanol–water partition coefficient (Wildman–Crippen LogP) is 3.70. The summed E-state index contributed by atoms with van der Waals surface area (Å²) in [6, 6.07) is 10.3. The van der Waals surface area contributed by atoms with Gasteiger partial charge in [-0.25, -0.2) is 4.79 Å². The van der Waals surface area contributed by atoms with Crippen molar-refractivity contribution in [2.24, 2.45) is 0 Å². The number of ether oxygens (including phenoxy) is 1. The van der Waals surface area contributed by atoms with E-state index in [-0.39, 0.29) is 6.09 Å². The van der Waals surface area contributed by atoms with Gasteiger partial charge in [-0.2, -0.15) is 5.26 Å². The first-order chi connectivity index (χ1) is 10.7. The van der Waals surface area contributed by atoms with E-state index in [1.165, 1.54) is 0 Å². The Hall–Kier alpha value is -2.22. The Labute approximate surface area is 138 Å². The van der Waals surface area contributed by atoms with Gasteiger partial charge >= 0.3 is 6.09 Å². The third-order valence-electron chi connectivity index (χ3n) is 3.76. The Kier molecular flexibility index (Phi) is 4.84. The van der Waals surface area contributed by atoms with Crippen LogP contribution in [0.5, 0.6) is 0 Å². The molecule has 0 aliphatic carbocycles. The molecular weight excluding hydrogens is 290 g/mol. The van der Waals surface area contributed by atoms with Crippen LogP contribution in [-0.2, 0) is 4.74 Å². The highest BCUT2D eigenvalue weighted by Gasteiger charge is 2.38. The molecule has 2 rings (SSSR count). The molecule has 0 spiro atoms. The lowest BCUT2D eigenvalue weighted by Crippen LogP contribution is -2.54. The van der Waals surface area contributed by atoms with Crippen molar-refractivity contribution in [1.82, 2.24) is 4.90 Å². The van der Waals surface area contributed by atoms with Crippen LogP contribution in [-0.4, -0.2) is 35.2 Å². The van der Waals surface area contributed by atoms with Crippen LogP contribution in [0.15, 0.2) is 24.3 Å². The number of aryl methyl sites for hydroxylation is 1. The first-order valence-electron chi connectivity index (χ1n) is 7.97. The second-order valence-corrected chi connectivity index (χ2v) is 7.19. The Balaban J connectivity index is 2.13. The summed E-state index contributed by atoms with van der Waals surface area (Å²) in [6.07, 6.45) is 1.12. The molecule has 1 unspecified atom stereocenters. The Morgan fingerprint density at radius 2 is 2.17 bits per heavy atom. The van der Waals surface area contributed by atoms with Gasteiger partial charge in [-0.05, 0) is 58.2 Å². The van der Waals surface area contributed by atoms with Gasteiger partial charge < -0.3 is 15.0 Å². The van der Waals surface area contributed by atoms with Gasteiger partial charge in [-0.15, -0.1) is 0 Å². The van der Waals surface area contributed by atoms with Crippen LogP contribution in [0.3, 0.4) is 0 Å². The highest BCUT2D eigenvalue weighted by Crippen LogP contribution is 2.27. The standard InChI is InChI=1S/C18H25N3O2/c1-14-7-5-8-15(11-14)20-18(12-19)9-6-10-21(13-18)16(22)23-17(2,3)4/h5,7-8,11,20H,6,9-10,13H2,1-4H3. The number of nitrogens with zero attached hydrogens (tertiary/aromatic N) is 2. The molecule has 1 amide bonds. The number of rotatable bonds is 2. The summed E-state index contributed by atoms with van der Waals surface area (Å²) in [7, 11) is 0. The van der Waals surface area contributed by atoms with Gasteiger partial charge in [0.2, 0.25) is 0 Å². The van der Waals surface area contributed by atoms with Crippen molar-refractivity contribution in [3.8, 4) is 6.07 Å². The summed E-state index contributed by atoms with van der Waals surface area (Å²) in [5.74, 6) is 0. The van der Waals surface area contributed by atoms with E-state index >= 15 is 0 Å². The van der Waals surface area contributed by atoms with Crippen LogP contribution < -0.4 is 5.32 Å². The highest BCUT2D eigenvalue weighted by molar-refractivity contribution is 5.69. The summed E-state index contributed by atoms with van der Waals surface area (Å²) >= 11 is 0. The predicted molar refractivity (Wildman–Crippen MR) is 90.2 cm³/mol. The van der Waals surface area contributed by atoms with Crippen LogP contribution in [0, 0.1) is 18.3 Å². The average Bonchev–Trinajstić information content (AvgIpc) is 2.46. The Morgan fingerprint density at radius 3 is 2.78 bits per heavy atom. The number of hydrogen-bond acceptors (Lipinski definition) is 4. The maximum Gasteiger partial charge on any atom is 0.410 e. The molecule has 1 N–H and O–H groups in total. The van der Waals surface area contributed by atoms with E-state index in [0.29, 0.717) is 19.5 Å². The fourth-order valence-corrected chi connectivity index (χ4v) is 2.76. The first kappa shape index (κ1) is 17.1. The SMILES string of the molecule is Cc1cccc(NC2(C#N)CCCN(C(=O)OC(C)(C)C)C2)c1. The van der Waals surface area contributed by atoms with Gasteiger partial charge in [0.25, 0.3) is 0 Å². The number of anilines is 1. The molecule has 5 nitrogen and oxygen atoms in total. The third kappa shape index (κ3) is 4.62. The van der Waals surface area contributed by atoms with Crippen molar-refractivity contribution in [2.75, 3.05) is 18.4 Å². The van der Waals surface area contributed by atoms with Crippen molar-refractivity contribution in [1.29, 1.82) is 5.26 Å². The maximum absolute atomic E-state index is 12.3. The van der Waals surface area contributed by atoms with E-state index < -0.39 is 11.1 Å². The summed E-state index contributed by atoms with van der Waals surface area (Å²) in [4.78, 5) is 13.9. The summed E-state index contributed by atoms with van der Waals surface area (Å²) in [6.45, 7) is 8.49. The number of carbonyl (C=O) groups excluding carboxylic acids is 1. The smallest absolute Gasteiger partial charge is 0.410 e. The minimum Gasteiger partial charge on any atom is -0.444 e. The summed E-state index contributed by atoms with van der Waals surface area (Å²) in [5.41, 5.74) is 0.719. The highest BCUT2D eigenvalue weighted by atomic mass is 16.6. The van der Waals surface area contributed by atoms with E-state index in [1.54, 1.807) is 4.90 Å². The van der Waals surface area contributed by atoms with Crippen molar-refractivity contribution >= 4 is 11.8 Å². The molecule has 1 aliphatic rings. The number of benzene rings is 1. The molecule has 0 saturated carbocycles. The van der Waals surface area contributed by atoms with E-state index in [4.69, 9.17) is 4.74 Å². The fraction of sp³-hybridized carbons (Fsp3) is 0.556. The lowest BCUT2D eigenvalue weighted by Gasteiger charge is -2.39. The molecular formula is C18H25N3O2. The van der Waals surface area contributed by atoms with Gasteiger partial charge in [0, 0.05) is 12.2 Å². The average molecular weight is 315 g/mol. The van der Waals surface area contributed by atoms with Crippen LogP contribution in [0.4, 0.5) is 10.5 Å². The first-order valence-corrected chi connectivity index (χ1v) is 7.97. The minimum absolute atomic E-state index is 0.326. The second-order valence-electron chi connectivity index (χ2n) is 7.19. The van der Waals surface area contributed by atoms with Gasteiger partial charge in [-0.3, -0.25) is 0 Å². The number of nitrogens with one attached hydrogen (secondary N) is 1. The largest absolute Gasteiger partial charge is 0.444 e. The minimum atomic E-state index is -0.775. The lowest BCUT2D eigenvalue weighted by atomic mass is 9.90. The number of hydrogen-bond donors (Lipinski definition) is 1. The normalized spacial score (nSPS) is 21.4. The van der Waals surface area contributed by atoms with Crippen molar-refractivity contribution in [3.63, 3.8) is 0 Å². The molecule has 5 heteroatoms. The van der Waals surface area contributed by atoms with Crippen LogP contribution in [0.25, 0.3) is 0 Å². The molecule has 23 heavy (non-hydrogen) atoms. The molecule has 0 radical (unpaired) electrons. The molecule has 1 saturated heterocycles. The molecule has 1 aliphatic heterocycles. The third-order valence-corrected chi connectivity index (χ3v) is 3.76. The Morgan fingerprint density at radius 1 is 1.43 bits per heavy atom. The number of piperidine rings is 1. The molecule has 1 aromatic carbocycles. The van der Waals surface area contributed by atoms with Gasteiger partial charge in [0.1, 0.15) is 11.1 Å². The number of carbonyl (C=O) groups is 1. The topological polar surface area (TPSA) is 65.4 Å². The molecule has 1 aromatic rings. The second kappa shape index (κ2) is 6.49. The Bertz CT molecular complexity index is 615. The number of amides is 1. The van der Waals surface area contributed by atoms with Crippen LogP contribution in [0.1, 0.15) is 39.2 Å². The molecule has 0 aromatic heterocycles. The quantitative estimate of drug-likeness (QED) is 0.903. The van der Waals surface area contributed by atoms with E-state index in [0.717, 1.165) is 17.7 Å². The van der Waals surface area contributed by atoms with Gasteiger partial charge in [0.15, 0.2) is 0 Å². The molecule has 0 bridgehead atoms. The van der Waals surface area contributed by atoms with Crippen LogP contribution >= 0.6 is 0 Å². The van der Waals surface area contributed by atoms with Crippen molar-refractivity contribution < 1.29 is 9.53 Å². The van der Waals surface area contributed by atoms with E-state index in [9.17, 15) is 10.1 Å². The van der Waals surface area contributed by atoms with Gasteiger partial charge in [-0.1, -0.05) is 12.1 Å². The number of nitriles is 1. The summed E-state index contributed by atoms with van der Waals surface area (Å²) < 4.78 is 5.43. The molecule has 1 heterocycles. The van der Waals surface area contributed by atoms with Crippen molar-refractivity contribution in [3.05, 3.63) is 29.8 Å². The van der Waals surface area contributed by atoms with Crippen molar-refractivity contribution in [2.45, 2.75) is 51.7 Å². The van der Waals surface area contributed by atoms with E-state index in [1.807, 2.05) is 52.0 Å². The zero-order valence-corrected chi connectivity index (χ0v) is 14.3. The lowest BCUT2D eigenvalue weighted by molar-refractivity contribution is 0.0181. The zero-order chi connectivity index (χ0) is 17.1. The number of likely N-dealkylation sites (tertiary alicyclic amines) is 1. The van der Waals surface area contributed by atoms with E-state index in [2.05, 4.69) is 11.4 Å². The fourth-order valence-electron chi connectivity index (χ4n) is 2.76. The molecule has 1 atom stereocenters. The van der Waals surface area contributed by atoms with Gasteiger partial charge in [0.05, 0.1) is 12.6 Å². The summed E-state index contributed by atoms with van der Waals surface area (Å²) in [5, 5.41) is 13.0. The molecule has 1 fully saturated rings. The zero-order valence-electron chi connectivity index (χ0n) is 14.3. The van der Waals surface area contributed by atoms with Crippen LogP contribution in [0.2, 0.25) is 0 Å². The monoisotopic (exact) mass is 315 g/mol.